The van der Waals surface area contributed by atoms with Gasteiger partial charge in [-0.1, -0.05) is 0 Å². The Labute approximate surface area is 142 Å². The summed E-state index contributed by atoms with van der Waals surface area (Å²) in [5.74, 6) is 2.82. The average molecular weight is 337 g/mol. The van der Waals surface area contributed by atoms with E-state index in [0.717, 1.165) is 29.9 Å². The summed E-state index contributed by atoms with van der Waals surface area (Å²) >= 11 is 0. The molecule has 1 nitrogen and oxygen atoms in total. The van der Waals surface area contributed by atoms with Gasteiger partial charge in [0.05, 0.1) is 5.56 Å². The zero-order valence-electron chi connectivity index (χ0n) is 14.2. The topological polar surface area (TPSA) is 12.0 Å². The van der Waals surface area contributed by atoms with Gasteiger partial charge in [-0.05, 0) is 99.3 Å². The molecule has 4 fully saturated rings. The summed E-state index contributed by atoms with van der Waals surface area (Å²) in [6.45, 7) is 2.18. The fourth-order valence-electron chi connectivity index (χ4n) is 6.28. The molecule has 24 heavy (non-hydrogen) atoms. The number of anilines is 1. The van der Waals surface area contributed by atoms with Crippen LogP contribution in [0, 0.1) is 23.2 Å². The van der Waals surface area contributed by atoms with Crippen molar-refractivity contribution in [1.29, 1.82) is 0 Å². The molecular weight excluding hydrogens is 311 g/mol. The fraction of sp³-hybridized carbons (Fsp3) is 0.700. The Bertz CT molecular complexity index is 555. The summed E-state index contributed by atoms with van der Waals surface area (Å²) in [5, 5.41) is 3.43. The van der Waals surface area contributed by atoms with Crippen molar-refractivity contribution in [2.75, 3.05) is 5.32 Å². The van der Waals surface area contributed by atoms with Crippen LogP contribution in [0.4, 0.5) is 18.9 Å². The quantitative estimate of drug-likeness (QED) is 0.698. The van der Waals surface area contributed by atoms with E-state index in [1.165, 1.54) is 50.7 Å². The van der Waals surface area contributed by atoms with Gasteiger partial charge in [-0.25, -0.2) is 0 Å². The molecule has 0 aliphatic heterocycles. The summed E-state index contributed by atoms with van der Waals surface area (Å²) in [5.41, 5.74) is 0.703. The molecule has 4 saturated carbocycles. The maximum absolute atomic E-state index is 12.7. The highest BCUT2D eigenvalue weighted by atomic mass is 19.4. The molecule has 0 spiro atoms. The minimum Gasteiger partial charge on any atom is -0.383 e. The van der Waals surface area contributed by atoms with E-state index in [4.69, 9.17) is 0 Å². The van der Waals surface area contributed by atoms with Gasteiger partial charge in [0.15, 0.2) is 0 Å². The van der Waals surface area contributed by atoms with E-state index in [-0.39, 0.29) is 0 Å². The maximum Gasteiger partial charge on any atom is 0.416 e. The lowest BCUT2D eigenvalue weighted by atomic mass is 9.48. The van der Waals surface area contributed by atoms with Crippen molar-refractivity contribution >= 4 is 5.69 Å². The molecule has 0 amide bonds. The molecule has 0 aromatic heterocycles. The van der Waals surface area contributed by atoms with Crippen LogP contribution in [-0.4, -0.2) is 6.04 Å². The third-order valence-electron chi connectivity index (χ3n) is 6.53. The van der Waals surface area contributed by atoms with Crippen LogP contribution in [0.15, 0.2) is 24.3 Å². The van der Waals surface area contributed by atoms with Crippen molar-refractivity contribution in [2.24, 2.45) is 23.2 Å². The first-order chi connectivity index (χ1) is 11.3. The second-order valence-electron chi connectivity index (χ2n) is 8.74. The van der Waals surface area contributed by atoms with E-state index in [1.807, 2.05) is 0 Å². The van der Waals surface area contributed by atoms with Crippen LogP contribution >= 0.6 is 0 Å². The first kappa shape index (κ1) is 16.3. The highest BCUT2D eigenvalue weighted by Crippen LogP contribution is 2.61. The fourth-order valence-corrected chi connectivity index (χ4v) is 6.28. The van der Waals surface area contributed by atoms with E-state index < -0.39 is 11.7 Å². The second-order valence-corrected chi connectivity index (χ2v) is 8.74. The molecule has 132 valence electrons. The molecule has 4 heteroatoms. The van der Waals surface area contributed by atoms with Crippen LogP contribution in [0.2, 0.25) is 0 Å². The Morgan fingerprint density at radius 2 is 1.50 bits per heavy atom. The third-order valence-corrected chi connectivity index (χ3v) is 6.53. The van der Waals surface area contributed by atoms with Crippen LogP contribution in [-0.2, 0) is 6.18 Å². The molecule has 1 unspecified atom stereocenters. The van der Waals surface area contributed by atoms with E-state index in [2.05, 4.69) is 12.2 Å². The largest absolute Gasteiger partial charge is 0.416 e. The van der Waals surface area contributed by atoms with Gasteiger partial charge in [-0.2, -0.15) is 13.2 Å². The zero-order chi connectivity index (χ0) is 16.9. The Balaban J connectivity index is 1.39. The summed E-state index contributed by atoms with van der Waals surface area (Å²) in [7, 11) is 0. The molecule has 4 aliphatic rings. The molecule has 1 N–H and O–H groups in total. The predicted molar refractivity (Wildman–Crippen MR) is 89.8 cm³/mol. The Morgan fingerprint density at radius 3 is 1.96 bits per heavy atom. The van der Waals surface area contributed by atoms with Gasteiger partial charge >= 0.3 is 6.18 Å². The molecule has 0 saturated heterocycles. The van der Waals surface area contributed by atoms with Crippen LogP contribution < -0.4 is 5.32 Å². The maximum atomic E-state index is 12.7. The van der Waals surface area contributed by atoms with Crippen molar-refractivity contribution in [2.45, 2.75) is 64.1 Å². The smallest absolute Gasteiger partial charge is 0.383 e. The van der Waals surface area contributed by atoms with Crippen LogP contribution in [0.1, 0.15) is 57.4 Å². The summed E-state index contributed by atoms with van der Waals surface area (Å²) < 4.78 is 38.0. The number of benzene rings is 1. The molecule has 5 rings (SSSR count). The van der Waals surface area contributed by atoms with Crippen molar-refractivity contribution in [3.8, 4) is 0 Å². The lowest BCUT2D eigenvalue weighted by Gasteiger charge is -2.57. The van der Waals surface area contributed by atoms with Gasteiger partial charge in [0, 0.05) is 11.7 Å². The van der Waals surface area contributed by atoms with E-state index in [9.17, 15) is 13.2 Å². The number of alkyl halides is 3. The molecule has 4 aliphatic carbocycles. The van der Waals surface area contributed by atoms with E-state index in [1.54, 1.807) is 12.1 Å². The monoisotopic (exact) mass is 337 g/mol. The molecule has 1 aromatic rings. The van der Waals surface area contributed by atoms with Gasteiger partial charge in [-0.15, -0.1) is 0 Å². The first-order valence-electron chi connectivity index (χ1n) is 9.25. The number of halogens is 3. The SMILES string of the molecule is CC(CC12CC3CC(CC(C3)C1)C2)Nc1ccc(C(F)(F)F)cc1. The lowest BCUT2D eigenvalue weighted by Crippen LogP contribution is -2.47. The zero-order valence-corrected chi connectivity index (χ0v) is 14.2. The van der Waals surface area contributed by atoms with Crippen molar-refractivity contribution in [3.63, 3.8) is 0 Å². The third kappa shape index (κ3) is 3.16. The minimum absolute atomic E-state index is 0.304. The molecule has 0 radical (unpaired) electrons. The summed E-state index contributed by atoms with van der Waals surface area (Å²) in [4.78, 5) is 0. The van der Waals surface area contributed by atoms with Crippen molar-refractivity contribution < 1.29 is 13.2 Å². The molecular formula is C20H26F3N. The Kier molecular flexibility index (Phi) is 3.85. The highest BCUT2D eigenvalue weighted by Gasteiger charge is 2.50. The number of rotatable bonds is 4. The van der Waals surface area contributed by atoms with Gasteiger partial charge in [0.1, 0.15) is 0 Å². The number of nitrogens with one attached hydrogen (secondary N) is 1. The van der Waals surface area contributed by atoms with Gasteiger partial charge < -0.3 is 5.32 Å². The highest BCUT2D eigenvalue weighted by molar-refractivity contribution is 5.45. The van der Waals surface area contributed by atoms with Gasteiger partial charge in [-0.3, -0.25) is 0 Å². The van der Waals surface area contributed by atoms with Crippen molar-refractivity contribution in [1.82, 2.24) is 0 Å². The van der Waals surface area contributed by atoms with Crippen LogP contribution in [0.3, 0.4) is 0 Å². The van der Waals surface area contributed by atoms with Gasteiger partial charge in [0.25, 0.3) is 0 Å². The number of hydrogen-bond donors (Lipinski definition) is 1. The molecule has 1 aromatic carbocycles. The summed E-state index contributed by atoms with van der Waals surface area (Å²) in [6.07, 6.45) is 5.34. The van der Waals surface area contributed by atoms with Crippen LogP contribution in [0.5, 0.6) is 0 Å². The number of hydrogen-bond acceptors (Lipinski definition) is 1. The predicted octanol–water partition coefficient (Wildman–Crippen LogP) is 6.11. The summed E-state index contributed by atoms with van der Waals surface area (Å²) in [6, 6.07) is 5.75. The minimum atomic E-state index is -4.26. The Hall–Kier alpha value is -1.19. The standard InChI is InChI=1S/C20H26F3N/c1-13(24-18-4-2-17(3-5-18)20(21,22)23)9-19-10-14-6-15(11-19)8-16(7-14)12-19/h2-5,13-16,24H,6-12H2,1H3. The second kappa shape index (κ2) is 5.67. The van der Waals surface area contributed by atoms with E-state index in [0.29, 0.717) is 11.5 Å². The van der Waals surface area contributed by atoms with E-state index >= 15 is 0 Å². The molecule has 0 heterocycles. The van der Waals surface area contributed by atoms with Crippen molar-refractivity contribution in [3.05, 3.63) is 29.8 Å². The molecule has 4 bridgehead atoms. The normalized spacial score (nSPS) is 35.9. The average Bonchev–Trinajstić information content (AvgIpc) is 2.44. The van der Waals surface area contributed by atoms with Crippen LogP contribution in [0.25, 0.3) is 0 Å². The van der Waals surface area contributed by atoms with Gasteiger partial charge in [0.2, 0.25) is 0 Å². The lowest BCUT2D eigenvalue weighted by molar-refractivity contribution is -0.137. The first-order valence-corrected chi connectivity index (χ1v) is 9.25. The Morgan fingerprint density at radius 1 is 1.00 bits per heavy atom. The molecule has 1 atom stereocenters.